The fourth-order valence-electron chi connectivity index (χ4n) is 2.14. The van der Waals surface area contributed by atoms with Crippen molar-refractivity contribution >= 4 is 5.91 Å². The number of aliphatic hydroxyl groups is 1. The van der Waals surface area contributed by atoms with Gasteiger partial charge in [-0.15, -0.1) is 0 Å². The molecule has 0 bridgehead atoms. The standard InChI is InChI=1S/C15H18N2O3/c1-2-13-11-20-9-7-17(13)15(19)14-6-5-12(10-16-14)4-3-8-18/h5-6,10,13,18H,2,7-9,11H2,1H3. The van der Waals surface area contributed by atoms with Crippen molar-refractivity contribution in [3.05, 3.63) is 29.6 Å². The van der Waals surface area contributed by atoms with Gasteiger partial charge in [-0.1, -0.05) is 18.8 Å². The Labute approximate surface area is 118 Å². The van der Waals surface area contributed by atoms with Gasteiger partial charge in [0.2, 0.25) is 0 Å². The molecule has 1 aromatic rings. The molecule has 5 nitrogen and oxygen atoms in total. The first kappa shape index (κ1) is 14.5. The van der Waals surface area contributed by atoms with E-state index in [1.165, 1.54) is 0 Å². The number of pyridine rings is 1. The van der Waals surface area contributed by atoms with E-state index in [0.29, 0.717) is 31.0 Å². The summed E-state index contributed by atoms with van der Waals surface area (Å²) in [6.45, 7) is 3.61. The fraction of sp³-hybridized carbons (Fsp3) is 0.467. The van der Waals surface area contributed by atoms with Crippen LogP contribution in [0.3, 0.4) is 0 Å². The Morgan fingerprint density at radius 3 is 3.10 bits per heavy atom. The smallest absolute Gasteiger partial charge is 0.272 e. The summed E-state index contributed by atoms with van der Waals surface area (Å²) in [7, 11) is 0. The summed E-state index contributed by atoms with van der Waals surface area (Å²) in [5, 5.41) is 8.63. The van der Waals surface area contributed by atoms with Crippen molar-refractivity contribution in [1.29, 1.82) is 0 Å². The average molecular weight is 274 g/mol. The van der Waals surface area contributed by atoms with Crippen LogP contribution in [0.25, 0.3) is 0 Å². The molecule has 1 aliphatic heterocycles. The second-order valence-electron chi connectivity index (χ2n) is 4.53. The molecule has 0 aromatic carbocycles. The summed E-state index contributed by atoms with van der Waals surface area (Å²) < 4.78 is 5.40. The van der Waals surface area contributed by atoms with Gasteiger partial charge < -0.3 is 14.7 Å². The quantitative estimate of drug-likeness (QED) is 0.805. The van der Waals surface area contributed by atoms with E-state index in [2.05, 4.69) is 16.8 Å². The molecular weight excluding hydrogens is 256 g/mol. The predicted molar refractivity (Wildman–Crippen MR) is 74.1 cm³/mol. The van der Waals surface area contributed by atoms with Crippen LogP contribution in [0, 0.1) is 11.8 Å². The summed E-state index contributed by atoms with van der Waals surface area (Å²) >= 11 is 0. The number of carbonyl (C=O) groups is 1. The summed E-state index contributed by atoms with van der Waals surface area (Å²) in [4.78, 5) is 18.4. The Morgan fingerprint density at radius 2 is 2.45 bits per heavy atom. The highest BCUT2D eigenvalue weighted by atomic mass is 16.5. The Hall–Kier alpha value is -1.90. The van der Waals surface area contributed by atoms with Crippen LogP contribution in [0.1, 0.15) is 29.4 Å². The van der Waals surface area contributed by atoms with Gasteiger partial charge in [-0.05, 0) is 18.6 Å². The molecule has 1 unspecified atom stereocenters. The summed E-state index contributed by atoms with van der Waals surface area (Å²) in [5.41, 5.74) is 1.10. The number of morpholine rings is 1. The van der Waals surface area contributed by atoms with Crippen molar-refractivity contribution in [2.75, 3.05) is 26.4 Å². The molecule has 1 aromatic heterocycles. The summed E-state index contributed by atoms with van der Waals surface area (Å²) in [6, 6.07) is 3.53. The second kappa shape index (κ2) is 7.04. The van der Waals surface area contributed by atoms with Crippen LogP contribution in [0.4, 0.5) is 0 Å². The number of ether oxygens (including phenoxy) is 1. The lowest BCUT2D eigenvalue weighted by atomic mass is 10.1. The molecule has 1 fully saturated rings. The molecular formula is C15H18N2O3. The van der Waals surface area contributed by atoms with E-state index in [1.807, 2.05) is 11.8 Å². The van der Waals surface area contributed by atoms with Gasteiger partial charge in [0.1, 0.15) is 12.3 Å². The summed E-state index contributed by atoms with van der Waals surface area (Å²) in [5.74, 6) is 5.23. The molecule has 0 spiro atoms. The van der Waals surface area contributed by atoms with Crippen molar-refractivity contribution in [2.45, 2.75) is 19.4 Å². The van der Waals surface area contributed by atoms with Crippen molar-refractivity contribution in [2.24, 2.45) is 0 Å². The minimum atomic E-state index is -0.188. The minimum absolute atomic E-state index is 0.0678. The first-order valence-electron chi connectivity index (χ1n) is 6.70. The van der Waals surface area contributed by atoms with E-state index in [1.54, 1.807) is 18.3 Å². The van der Waals surface area contributed by atoms with Gasteiger partial charge in [0.25, 0.3) is 5.91 Å². The van der Waals surface area contributed by atoms with Gasteiger partial charge >= 0.3 is 0 Å². The van der Waals surface area contributed by atoms with Crippen LogP contribution < -0.4 is 0 Å². The number of amides is 1. The molecule has 1 N–H and O–H groups in total. The third-order valence-electron chi connectivity index (χ3n) is 3.25. The van der Waals surface area contributed by atoms with Crippen LogP contribution in [0.2, 0.25) is 0 Å². The molecule has 2 heterocycles. The molecule has 0 aliphatic carbocycles. The maximum absolute atomic E-state index is 12.4. The van der Waals surface area contributed by atoms with E-state index in [0.717, 1.165) is 6.42 Å². The molecule has 2 rings (SSSR count). The highest BCUT2D eigenvalue weighted by Crippen LogP contribution is 2.14. The summed E-state index contributed by atoms with van der Waals surface area (Å²) in [6.07, 6.45) is 2.42. The number of rotatable bonds is 2. The van der Waals surface area contributed by atoms with Crippen LogP contribution in [-0.2, 0) is 4.74 Å². The zero-order valence-electron chi connectivity index (χ0n) is 11.5. The molecule has 20 heavy (non-hydrogen) atoms. The van der Waals surface area contributed by atoms with Gasteiger partial charge in [-0.25, -0.2) is 4.98 Å². The van der Waals surface area contributed by atoms with Crippen LogP contribution >= 0.6 is 0 Å². The molecule has 1 amide bonds. The average Bonchev–Trinajstić information content (AvgIpc) is 2.52. The van der Waals surface area contributed by atoms with E-state index >= 15 is 0 Å². The van der Waals surface area contributed by atoms with Gasteiger partial charge in [0.15, 0.2) is 0 Å². The van der Waals surface area contributed by atoms with E-state index in [4.69, 9.17) is 9.84 Å². The topological polar surface area (TPSA) is 62.7 Å². The highest BCUT2D eigenvalue weighted by Gasteiger charge is 2.27. The number of hydrogen-bond donors (Lipinski definition) is 1. The van der Waals surface area contributed by atoms with Crippen LogP contribution in [-0.4, -0.2) is 53.3 Å². The van der Waals surface area contributed by atoms with Crippen LogP contribution in [0.15, 0.2) is 18.3 Å². The maximum atomic E-state index is 12.4. The Morgan fingerprint density at radius 1 is 1.60 bits per heavy atom. The van der Waals surface area contributed by atoms with Crippen molar-refractivity contribution in [1.82, 2.24) is 9.88 Å². The van der Waals surface area contributed by atoms with Crippen molar-refractivity contribution < 1.29 is 14.6 Å². The second-order valence-corrected chi connectivity index (χ2v) is 4.53. The number of aromatic nitrogens is 1. The molecule has 1 atom stereocenters. The number of aliphatic hydroxyl groups excluding tert-OH is 1. The highest BCUT2D eigenvalue weighted by molar-refractivity contribution is 5.92. The Kier molecular flexibility index (Phi) is 5.10. The van der Waals surface area contributed by atoms with Crippen LogP contribution in [0.5, 0.6) is 0 Å². The first-order valence-corrected chi connectivity index (χ1v) is 6.70. The van der Waals surface area contributed by atoms with E-state index in [-0.39, 0.29) is 18.6 Å². The normalized spacial score (nSPS) is 18.3. The molecule has 0 radical (unpaired) electrons. The predicted octanol–water partition coefficient (Wildman–Crippen LogP) is 0.676. The van der Waals surface area contributed by atoms with Gasteiger partial charge in [0.05, 0.1) is 19.3 Å². The number of carbonyl (C=O) groups excluding carboxylic acids is 1. The Bertz CT molecular complexity index is 516. The number of hydrogen-bond acceptors (Lipinski definition) is 4. The van der Waals surface area contributed by atoms with Gasteiger partial charge in [-0.2, -0.15) is 0 Å². The Balaban J connectivity index is 2.12. The maximum Gasteiger partial charge on any atom is 0.272 e. The lowest BCUT2D eigenvalue weighted by Gasteiger charge is -2.34. The zero-order valence-corrected chi connectivity index (χ0v) is 11.5. The third-order valence-corrected chi connectivity index (χ3v) is 3.25. The largest absolute Gasteiger partial charge is 0.384 e. The van der Waals surface area contributed by atoms with Gasteiger partial charge in [-0.3, -0.25) is 4.79 Å². The monoisotopic (exact) mass is 274 g/mol. The molecule has 106 valence electrons. The lowest BCUT2D eigenvalue weighted by molar-refractivity contribution is -0.00310. The first-order chi connectivity index (χ1) is 9.76. The lowest BCUT2D eigenvalue weighted by Crippen LogP contribution is -2.48. The molecule has 0 saturated carbocycles. The third kappa shape index (κ3) is 3.35. The number of nitrogens with zero attached hydrogens (tertiary/aromatic N) is 2. The van der Waals surface area contributed by atoms with Crippen molar-refractivity contribution in [3.63, 3.8) is 0 Å². The van der Waals surface area contributed by atoms with E-state index in [9.17, 15) is 4.79 Å². The minimum Gasteiger partial charge on any atom is -0.384 e. The SMILES string of the molecule is CCC1COCCN1C(=O)c1ccc(C#CCO)cn1. The molecule has 1 saturated heterocycles. The molecule has 5 heteroatoms. The van der Waals surface area contributed by atoms with Crippen molar-refractivity contribution in [3.8, 4) is 11.8 Å². The van der Waals surface area contributed by atoms with Gasteiger partial charge in [0, 0.05) is 18.3 Å². The van der Waals surface area contributed by atoms with E-state index < -0.39 is 0 Å². The molecule has 1 aliphatic rings. The zero-order chi connectivity index (χ0) is 14.4. The fourth-order valence-corrected chi connectivity index (χ4v) is 2.14.